The minimum atomic E-state index is -0.238. The molecule has 94 valence electrons. The summed E-state index contributed by atoms with van der Waals surface area (Å²) in [6, 6.07) is 0. The lowest BCUT2D eigenvalue weighted by Gasteiger charge is -2.18. The Morgan fingerprint density at radius 2 is 2.12 bits per heavy atom. The van der Waals surface area contributed by atoms with Crippen LogP contribution in [0.2, 0.25) is 0 Å². The highest BCUT2D eigenvalue weighted by Gasteiger charge is 2.14. The fourth-order valence-electron chi connectivity index (χ4n) is 1.42. The highest BCUT2D eigenvalue weighted by atomic mass is 16.5. The Labute approximate surface area is 98.5 Å². The summed E-state index contributed by atoms with van der Waals surface area (Å²) in [6.07, 6.45) is 3.61. The van der Waals surface area contributed by atoms with Crippen LogP contribution in [-0.2, 0) is 9.53 Å². The lowest BCUT2D eigenvalue weighted by Crippen LogP contribution is -2.17. The second-order valence-corrected chi connectivity index (χ2v) is 4.37. The zero-order valence-corrected chi connectivity index (χ0v) is 10.8. The third-order valence-corrected chi connectivity index (χ3v) is 2.83. The van der Waals surface area contributed by atoms with Gasteiger partial charge in [-0.05, 0) is 32.1 Å². The van der Waals surface area contributed by atoms with Crippen molar-refractivity contribution in [3.8, 4) is 0 Å². The van der Waals surface area contributed by atoms with Crippen molar-refractivity contribution in [2.45, 2.75) is 40.5 Å². The van der Waals surface area contributed by atoms with Gasteiger partial charge < -0.3 is 9.84 Å². The van der Waals surface area contributed by atoms with E-state index in [4.69, 9.17) is 9.84 Å². The van der Waals surface area contributed by atoms with Gasteiger partial charge in [-0.15, -0.1) is 0 Å². The molecule has 0 heterocycles. The van der Waals surface area contributed by atoms with Gasteiger partial charge >= 0.3 is 5.97 Å². The molecule has 0 fully saturated rings. The van der Waals surface area contributed by atoms with Crippen LogP contribution in [0.3, 0.4) is 0 Å². The summed E-state index contributed by atoms with van der Waals surface area (Å²) in [5, 5.41) is 8.97. The normalized spacial score (nSPS) is 15.7. The number of aliphatic hydroxyl groups excluding tert-OH is 1. The highest BCUT2D eigenvalue weighted by molar-refractivity contribution is 5.87. The summed E-state index contributed by atoms with van der Waals surface area (Å²) in [5.74, 6) is 0.375. The van der Waals surface area contributed by atoms with Crippen LogP contribution >= 0.6 is 0 Å². The number of hydrogen-bond donors (Lipinski definition) is 1. The number of esters is 1. The molecule has 0 rings (SSSR count). The molecule has 0 aromatic heterocycles. The van der Waals surface area contributed by atoms with Gasteiger partial charge in [-0.25, -0.2) is 4.79 Å². The molecule has 2 atom stereocenters. The van der Waals surface area contributed by atoms with Crippen molar-refractivity contribution in [2.75, 3.05) is 13.2 Å². The molecule has 0 aromatic rings. The summed E-state index contributed by atoms with van der Waals surface area (Å²) < 4.78 is 5.20. The van der Waals surface area contributed by atoms with E-state index in [9.17, 15) is 4.79 Å². The van der Waals surface area contributed by atoms with E-state index >= 15 is 0 Å². The van der Waals surface area contributed by atoms with Gasteiger partial charge in [0.05, 0.1) is 6.61 Å². The zero-order chi connectivity index (χ0) is 12.6. The van der Waals surface area contributed by atoms with E-state index in [1.165, 1.54) is 0 Å². The van der Waals surface area contributed by atoms with Gasteiger partial charge in [0.2, 0.25) is 0 Å². The van der Waals surface area contributed by atoms with E-state index in [2.05, 4.69) is 6.92 Å². The zero-order valence-electron chi connectivity index (χ0n) is 10.8. The summed E-state index contributed by atoms with van der Waals surface area (Å²) in [7, 11) is 0. The Morgan fingerprint density at radius 1 is 1.50 bits per heavy atom. The van der Waals surface area contributed by atoms with Crippen molar-refractivity contribution in [2.24, 2.45) is 11.8 Å². The molecule has 1 N–H and O–H groups in total. The Morgan fingerprint density at radius 3 is 2.56 bits per heavy atom. The molecule has 0 saturated heterocycles. The SMILES string of the molecule is CC=C(C)C(=O)OCC(CC)CC(C)CO. The minimum Gasteiger partial charge on any atom is -0.462 e. The molecule has 16 heavy (non-hydrogen) atoms. The molecular weight excluding hydrogens is 204 g/mol. The van der Waals surface area contributed by atoms with Gasteiger partial charge in [0.15, 0.2) is 0 Å². The first kappa shape index (κ1) is 15.2. The lowest BCUT2D eigenvalue weighted by molar-refractivity contribution is -0.140. The predicted octanol–water partition coefficient (Wildman–Crippen LogP) is 2.54. The van der Waals surface area contributed by atoms with Crippen LogP contribution in [0.15, 0.2) is 11.6 Å². The first-order valence-corrected chi connectivity index (χ1v) is 5.95. The minimum absolute atomic E-state index is 0.193. The third kappa shape index (κ3) is 5.91. The average Bonchev–Trinajstić information content (AvgIpc) is 2.32. The van der Waals surface area contributed by atoms with Gasteiger partial charge in [-0.3, -0.25) is 0 Å². The van der Waals surface area contributed by atoms with Crippen LogP contribution in [0.25, 0.3) is 0 Å². The first-order valence-electron chi connectivity index (χ1n) is 5.95. The average molecular weight is 228 g/mol. The molecule has 0 radical (unpaired) electrons. The Bertz CT molecular complexity index is 233. The van der Waals surface area contributed by atoms with Gasteiger partial charge in [0.1, 0.15) is 0 Å². The van der Waals surface area contributed by atoms with E-state index in [0.717, 1.165) is 12.8 Å². The molecule has 0 bridgehead atoms. The molecule has 0 aliphatic heterocycles. The van der Waals surface area contributed by atoms with Crippen LogP contribution in [0.4, 0.5) is 0 Å². The monoisotopic (exact) mass is 228 g/mol. The number of allylic oxidation sites excluding steroid dienone is 1. The van der Waals surface area contributed by atoms with Crippen molar-refractivity contribution >= 4 is 5.97 Å². The third-order valence-electron chi connectivity index (χ3n) is 2.83. The van der Waals surface area contributed by atoms with Crippen LogP contribution in [0.1, 0.15) is 40.5 Å². The quantitative estimate of drug-likeness (QED) is 0.538. The molecule has 0 aliphatic rings. The topological polar surface area (TPSA) is 46.5 Å². The molecule has 2 unspecified atom stereocenters. The van der Waals surface area contributed by atoms with Crippen molar-refractivity contribution in [3.05, 3.63) is 11.6 Å². The Hall–Kier alpha value is -0.830. The van der Waals surface area contributed by atoms with Gasteiger partial charge in [0, 0.05) is 12.2 Å². The number of aliphatic hydroxyl groups is 1. The Kier molecular flexibility index (Phi) is 7.90. The molecule has 0 saturated carbocycles. The second kappa shape index (κ2) is 8.34. The summed E-state index contributed by atoms with van der Waals surface area (Å²) in [6.45, 7) is 8.29. The number of carbonyl (C=O) groups excluding carboxylic acids is 1. The second-order valence-electron chi connectivity index (χ2n) is 4.37. The fraction of sp³-hybridized carbons (Fsp3) is 0.769. The molecular formula is C13H24O3. The van der Waals surface area contributed by atoms with Crippen LogP contribution < -0.4 is 0 Å². The molecule has 0 amide bonds. The summed E-state index contributed by atoms with van der Waals surface area (Å²) in [4.78, 5) is 11.4. The fourth-order valence-corrected chi connectivity index (χ4v) is 1.42. The van der Waals surface area contributed by atoms with E-state index < -0.39 is 0 Å². The van der Waals surface area contributed by atoms with Gasteiger partial charge in [-0.1, -0.05) is 26.3 Å². The molecule has 0 aromatic carbocycles. The van der Waals surface area contributed by atoms with Gasteiger partial charge in [0.25, 0.3) is 0 Å². The maximum atomic E-state index is 11.4. The maximum absolute atomic E-state index is 11.4. The van der Waals surface area contributed by atoms with Crippen molar-refractivity contribution in [1.29, 1.82) is 0 Å². The predicted molar refractivity (Wildman–Crippen MR) is 65.0 cm³/mol. The number of ether oxygens (including phenoxy) is 1. The summed E-state index contributed by atoms with van der Waals surface area (Å²) in [5.41, 5.74) is 0.644. The van der Waals surface area contributed by atoms with E-state index in [1.54, 1.807) is 13.0 Å². The van der Waals surface area contributed by atoms with Gasteiger partial charge in [-0.2, -0.15) is 0 Å². The number of rotatable bonds is 7. The number of hydrogen-bond acceptors (Lipinski definition) is 3. The van der Waals surface area contributed by atoms with E-state index in [1.807, 2.05) is 13.8 Å². The van der Waals surface area contributed by atoms with E-state index in [0.29, 0.717) is 18.1 Å². The van der Waals surface area contributed by atoms with Crippen molar-refractivity contribution < 1.29 is 14.6 Å². The van der Waals surface area contributed by atoms with E-state index in [-0.39, 0.29) is 18.5 Å². The molecule has 3 heteroatoms. The van der Waals surface area contributed by atoms with Crippen LogP contribution in [-0.4, -0.2) is 24.3 Å². The van der Waals surface area contributed by atoms with Crippen molar-refractivity contribution in [1.82, 2.24) is 0 Å². The number of carbonyl (C=O) groups is 1. The summed E-state index contributed by atoms with van der Waals surface area (Å²) >= 11 is 0. The van der Waals surface area contributed by atoms with Crippen LogP contribution in [0.5, 0.6) is 0 Å². The van der Waals surface area contributed by atoms with Crippen molar-refractivity contribution in [3.63, 3.8) is 0 Å². The van der Waals surface area contributed by atoms with Crippen LogP contribution in [0, 0.1) is 11.8 Å². The Balaban J connectivity index is 4.00. The molecule has 3 nitrogen and oxygen atoms in total. The standard InChI is InChI=1S/C13H24O3/c1-5-11(4)13(15)16-9-12(6-2)7-10(3)8-14/h5,10,12,14H,6-9H2,1-4H3. The smallest absolute Gasteiger partial charge is 0.333 e. The maximum Gasteiger partial charge on any atom is 0.333 e. The first-order chi connectivity index (χ1) is 7.54. The highest BCUT2D eigenvalue weighted by Crippen LogP contribution is 2.16. The molecule has 0 aliphatic carbocycles. The largest absolute Gasteiger partial charge is 0.462 e. The lowest BCUT2D eigenvalue weighted by atomic mass is 9.95. The molecule has 0 spiro atoms.